The van der Waals surface area contributed by atoms with Crippen LogP contribution in [0.1, 0.15) is 70.6 Å². The van der Waals surface area contributed by atoms with E-state index in [4.69, 9.17) is 0 Å². The molecule has 0 radical (unpaired) electrons. The van der Waals surface area contributed by atoms with Gasteiger partial charge in [-0.3, -0.25) is 14.8 Å². The number of likely N-dealkylation sites (tertiary alicyclic amines) is 2. The fourth-order valence-electron chi connectivity index (χ4n) is 10.7. The molecule has 79 heavy (non-hydrogen) atoms. The van der Waals surface area contributed by atoms with Crippen LogP contribution in [0.4, 0.5) is 25.4 Å². The summed E-state index contributed by atoms with van der Waals surface area (Å²) in [5.41, 5.74) is 8.62. The summed E-state index contributed by atoms with van der Waals surface area (Å²) in [5, 5.41) is 22.7. The molecule has 2 saturated heterocycles. The van der Waals surface area contributed by atoms with Crippen LogP contribution in [0.3, 0.4) is 0 Å². The summed E-state index contributed by atoms with van der Waals surface area (Å²) in [7, 11) is 1.91. The number of nitrogens with one attached hydrogen (secondary N) is 4. The summed E-state index contributed by atoms with van der Waals surface area (Å²) in [6, 6.07) is 54.3. The molecule has 412 valence electrons. The van der Waals surface area contributed by atoms with E-state index in [0.717, 1.165) is 129 Å². The number of carbonyl (C=O) groups is 3. The van der Waals surface area contributed by atoms with Crippen molar-refractivity contribution in [3.63, 3.8) is 0 Å². The number of hydrogen-bond acceptors (Lipinski definition) is 8. The Labute approximate surface area is 465 Å². The zero-order valence-electron chi connectivity index (χ0n) is 45.8. The number of rotatable bonds is 20. The molecule has 7 aromatic rings. The van der Waals surface area contributed by atoms with Gasteiger partial charge in [-0.1, -0.05) is 133 Å². The highest BCUT2D eigenvalue weighted by Gasteiger charge is 2.44. The lowest BCUT2D eigenvalue weighted by atomic mass is 9.71. The average molecular weight is 1070 g/mol. The number of benzene rings is 5. The van der Waals surface area contributed by atoms with Crippen molar-refractivity contribution in [1.82, 2.24) is 35.3 Å². The number of amides is 5. The highest BCUT2D eigenvalue weighted by atomic mass is 19.1. The first-order valence-electron chi connectivity index (χ1n) is 27.8. The van der Waals surface area contributed by atoms with Crippen LogP contribution in [0, 0.1) is 12.7 Å². The van der Waals surface area contributed by atoms with Gasteiger partial charge in [-0.15, -0.1) is 0 Å². The minimum absolute atomic E-state index is 0.167. The second-order valence-electron chi connectivity index (χ2n) is 21.1. The number of piperidine rings is 2. The van der Waals surface area contributed by atoms with Gasteiger partial charge in [-0.25, -0.2) is 14.0 Å². The Bertz CT molecular complexity index is 2990. The van der Waals surface area contributed by atoms with Crippen LogP contribution in [-0.4, -0.2) is 113 Å². The van der Waals surface area contributed by atoms with Crippen LogP contribution < -0.4 is 21.3 Å². The van der Waals surface area contributed by atoms with E-state index in [9.17, 15) is 23.9 Å². The van der Waals surface area contributed by atoms with Crippen molar-refractivity contribution in [2.45, 2.75) is 82.3 Å². The Morgan fingerprint density at radius 3 is 1.67 bits per heavy atom. The number of aromatic nitrogens is 2. The van der Waals surface area contributed by atoms with E-state index in [1.165, 1.54) is 17.7 Å². The Kier molecular flexibility index (Phi) is 20.9. The van der Waals surface area contributed by atoms with Gasteiger partial charge in [0.25, 0.3) is 0 Å². The lowest BCUT2D eigenvalue weighted by Crippen LogP contribution is -2.52. The lowest BCUT2D eigenvalue weighted by Gasteiger charge is -2.43. The monoisotopic (exact) mass is 1070 g/mol. The molecule has 5 N–H and O–H groups in total. The van der Waals surface area contributed by atoms with Crippen molar-refractivity contribution in [1.29, 1.82) is 0 Å². The first kappa shape index (κ1) is 57.4. The molecule has 0 saturated carbocycles. The normalized spacial score (nSPS) is 14.9. The molecule has 4 heterocycles. The molecule has 0 aliphatic carbocycles. The number of pyridine rings is 2. The zero-order chi connectivity index (χ0) is 55.3. The van der Waals surface area contributed by atoms with E-state index in [1.54, 1.807) is 24.4 Å². The highest BCUT2D eigenvalue weighted by molar-refractivity contribution is 5.90. The highest BCUT2D eigenvalue weighted by Crippen LogP contribution is 2.38. The predicted molar refractivity (Wildman–Crippen MR) is 312 cm³/mol. The molecule has 13 nitrogen and oxygen atoms in total. The summed E-state index contributed by atoms with van der Waals surface area (Å²) < 4.78 is 13.1. The van der Waals surface area contributed by atoms with Crippen LogP contribution in [-0.2, 0) is 48.9 Å². The van der Waals surface area contributed by atoms with Crippen molar-refractivity contribution in [3.8, 4) is 0 Å². The topological polar surface area (TPSA) is 155 Å². The fraction of sp³-hybridized carbons (Fsp3) is 0.338. The minimum Gasteiger partial charge on any atom is -0.389 e. The quantitative estimate of drug-likeness (QED) is 0.0506. The van der Waals surface area contributed by atoms with Crippen molar-refractivity contribution in [2.24, 2.45) is 0 Å². The van der Waals surface area contributed by atoms with Gasteiger partial charge in [0, 0.05) is 93.9 Å². The Morgan fingerprint density at radius 1 is 0.582 bits per heavy atom. The summed E-state index contributed by atoms with van der Waals surface area (Å²) in [6.07, 6.45) is 8.46. The molecule has 2 aliphatic heterocycles. The van der Waals surface area contributed by atoms with Gasteiger partial charge in [-0.2, -0.15) is 0 Å². The van der Waals surface area contributed by atoms with Crippen molar-refractivity contribution in [3.05, 3.63) is 227 Å². The van der Waals surface area contributed by atoms with E-state index in [2.05, 4.69) is 89.6 Å². The molecule has 9 rings (SSSR count). The van der Waals surface area contributed by atoms with Crippen LogP contribution in [0.15, 0.2) is 176 Å². The predicted octanol–water partition coefficient (Wildman–Crippen LogP) is 10.2. The molecule has 2 aromatic heterocycles. The van der Waals surface area contributed by atoms with Crippen molar-refractivity contribution < 1.29 is 23.9 Å². The van der Waals surface area contributed by atoms with E-state index < -0.39 is 11.0 Å². The van der Waals surface area contributed by atoms with Gasteiger partial charge in [0.2, 0.25) is 5.91 Å². The lowest BCUT2D eigenvalue weighted by molar-refractivity contribution is -0.138. The molecule has 5 aromatic carbocycles. The number of nitrogens with zero attached hydrogens (tertiary/aromatic N) is 5. The molecule has 0 unspecified atom stereocenters. The number of hydrogen-bond donors (Lipinski definition) is 5. The van der Waals surface area contributed by atoms with Crippen LogP contribution in [0.5, 0.6) is 0 Å². The van der Waals surface area contributed by atoms with Gasteiger partial charge in [-0.05, 0) is 136 Å². The Morgan fingerprint density at radius 2 is 1.08 bits per heavy atom. The van der Waals surface area contributed by atoms with E-state index >= 15 is 0 Å². The maximum atomic E-state index is 14.0. The van der Waals surface area contributed by atoms with Crippen LogP contribution >= 0.6 is 0 Å². The summed E-state index contributed by atoms with van der Waals surface area (Å²) >= 11 is 0. The summed E-state index contributed by atoms with van der Waals surface area (Å²) in [5.74, 6) is -0.0746. The number of aliphatic hydroxyl groups is 1. The molecule has 2 fully saturated rings. The minimum atomic E-state index is -0.654. The number of carbonyl (C=O) groups excluding carboxylic acids is 3. The fourth-order valence-corrected chi connectivity index (χ4v) is 10.7. The average Bonchev–Trinajstić information content (AvgIpc) is 3.46. The van der Waals surface area contributed by atoms with Crippen LogP contribution in [0.25, 0.3) is 0 Å². The zero-order valence-corrected chi connectivity index (χ0v) is 45.8. The molecule has 0 bridgehead atoms. The van der Waals surface area contributed by atoms with Gasteiger partial charge in [0.15, 0.2) is 0 Å². The van der Waals surface area contributed by atoms with Gasteiger partial charge >= 0.3 is 12.1 Å². The Balaban J connectivity index is 0.000000214. The van der Waals surface area contributed by atoms with Crippen molar-refractivity contribution >= 4 is 29.3 Å². The third-order valence-electron chi connectivity index (χ3n) is 15.1. The maximum Gasteiger partial charge on any atom is 0.319 e. The first-order valence-corrected chi connectivity index (χ1v) is 27.8. The van der Waals surface area contributed by atoms with Gasteiger partial charge in [0.1, 0.15) is 5.82 Å². The van der Waals surface area contributed by atoms with Crippen molar-refractivity contribution in [2.75, 3.05) is 70.0 Å². The van der Waals surface area contributed by atoms with Crippen LogP contribution in [0.2, 0.25) is 0 Å². The smallest absolute Gasteiger partial charge is 0.319 e. The third kappa shape index (κ3) is 17.9. The molecular weight excluding hydrogens is 990 g/mol. The van der Waals surface area contributed by atoms with Gasteiger partial charge in [0.05, 0.1) is 11.0 Å². The molecule has 0 spiro atoms. The summed E-state index contributed by atoms with van der Waals surface area (Å²) in [4.78, 5) is 54.6. The third-order valence-corrected chi connectivity index (χ3v) is 15.1. The SMILES string of the molecule is Cc1cc(NC(=O)NCCN2CCC(C(=O)N(C)Cc3ccccc3)(c3ccccc3)CC2)cc(CCc2ccccc2)n1.O=C(NCCN1CCC(O)(Cc2ccccc2)CC1)Nc1ccnc(CCc2ccc(F)cc2)c1. The molecule has 0 atom stereocenters. The number of likely N-dealkylation sites (N-methyl/N-ethyl adjacent to an activating group) is 1. The van der Waals surface area contributed by atoms with E-state index in [1.807, 2.05) is 110 Å². The summed E-state index contributed by atoms with van der Waals surface area (Å²) in [6.45, 7) is 8.27. The molecule has 2 aliphatic rings. The number of aryl methyl sites for hydroxylation is 5. The standard InChI is InChI=1S/C37H43N5O2.C28H33FN4O2/c1-29-26-34(27-33(39-29)19-18-30-12-6-3-7-13-30)40-36(44)38-22-25-42-23-20-37(21-24-42,32-16-10-5-11-17-32)35(43)41(2)28-31-14-8-4-9-15-31;29-24-9-6-22(7-10-24)8-11-25-20-26(12-15-30-25)32-27(34)31-16-19-33-17-13-28(35,14-18-33)21-23-4-2-1-3-5-23/h3-17,26-27H,18-25,28H2,1-2H3,(H2,38,39,40,44);1-7,9-10,12,15,20,35H,8,11,13-14,16-19,21H2,(H2,30,31,32,34). The largest absolute Gasteiger partial charge is 0.389 e. The second kappa shape index (κ2) is 28.7. The van der Waals surface area contributed by atoms with E-state index in [0.29, 0.717) is 38.2 Å². The molecule has 5 amide bonds. The first-order chi connectivity index (χ1) is 38.4. The molecular formula is C65H76FN9O4. The Hall–Kier alpha value is -7.78. The second-order valence-corrected chi connectivity index (χ2v) is 21.1. The number of halogens is 1. The maximum absolute atomic E-state index is 14.0. The molecule has 14 heteroatoms. The number of anilines is 2. The van der Waals surface area contributed by atoms with Gasteiger partial charge < -0.3 is 41.1 Å². The number of urea groups is 2. The van der Waals surface area contributed by atoms with E-state index in [-0.39, 0.29) is 23.8 Å².